The van der Waals surface area contributed by atoms with Gasteiger partial charge in [0.15, 0.2) is 0 Å². The highest BCUT2D eigenvalue weighted by atomic mass is 32.1. The standard InChI is InChI=1S/C22H17FN2OS/c1-25(20-10-9-15-5-2-3-6-16(15)12-20)21(26)13-19-14-27-22(24-19)17-7-4-8-18(23)11-17/h2-12,14H,13H2,1H3. The molecule has 3 aromatic carbocycles. The number of carbonyl (C=O) groups excluding carboxylic acids is 1. The van der Waals surface area contributed by atoms with Crippen LogP contribution in [0.5, 0.6) is 0 Å². The van der Waals surface area contributed by atoms with E-state index in [4.69, 9.17) is 0 Å². The Hall–Kier alpha value is -3.05. The number of nitrogens with zero attached hydrogens (tertiary/aromatic N) is 2. The Labute approximate surface area is 160 Å². The third-order valence-electron chi connectivity index (χ3n) is 4.45. The van der Waals surface area contributed by atoms with Gasteiger partial charge in [0.25, 0.3) is 0 Å². The molecule has 0 aliphatic heterocycles. The van der Waals surface area contributed by atoms with Gasteiger partial charge < -0.3 is 4.90 Å². The van der Waals surface area contributed by atoms with Crippen LogP contribution in [-0.4, -0.2) is 17.9 Å². The highest BCUT2D eigenvalue weighted by Gasteiger charge is 2.15. The van der Waals surface area contributed by atoms with Crippen molar-refractivity contribution in [3.05, 3.63) is 83.6 Å². The molecule has 5 heteroatoms. The topological polar surface area (TPSA) is 33.2 Å². The van der Waals surface area contributed by atoms with E-state index in [1.54, 1.807) is 18.0 Å². The SMILES string of the molecule is CN(C(=O)Cc1csc(-c2cccc(F)c2)n1)c1ccc2ccccc2c1. The number of halogens is 1. The lowest BCUT2D eigenvalue weighted by molar-refractivity contribution is -0.117. The van der Waals surface area contributed by atoms with E-state index >= 15 is 0 Å². The quantitative estimate of drug-likeness (QED) is 0.484. The number of amides is 1. The zero-order chi connectivity index (χ0) is 18.8. The van der Waals surface area contributed by atoms with E-state index in [-0.39, 0.29) is 18.1 Å². The molecule has 0 fully saturated rings. The number of thiazole rings is 1. The summed E-state index contributed by atoms with van der Waals surface area (Å²) < 4.78 is 13.4. The van der Waals surface area contributed by atoms with Crippen LogP contribution in [0.25, 0.3) is 21.3 Å². The fourth-order valence-corrected chi connectivity index (χ4v) is 3.76. The number of benzene rings is 3. The average molecular weight is 376 g/mol. The van der Waals surface area contributed by atoms with Gasteiger partial charge in [-0.05, 0) is 35.0 Å². The second-order valence-electron chi connectivity index (χ2n) is 6.32. The van der Waals surface area contributed by atoms with Gasteiger partial charge in [0.05, 0.1) is 12.1 Å². The maximum Gasteiger partial charge on any atom is 0.232 e. The Morgan fingerprint density at radius 2 is 1.85 bits per heavy atom. The number of likely N-dealkylation sites (N-methyl/N-ethyl adjacent to an activating group) is 1. The lowest BCUT2D eigenvalue weighted by atomic mass is 10.1. The van der Waals surface area contributed by atoms with Gasteiger partial charge in [0.2, 0.25) is 5.91 Å². The van der Waals surface area contributed by atoms with Crippen LogP contribution in [0.1, 0.15) is 5.69 Å². The van der Waals surface area contributed by atoms with Crippen LogP contribution < -0.4 is 4.90 Å². The summed E-state index contributed by atoms with van der Waals surface area (Å²) in [7, 11) is 1.77. The van der Waals surface area contributed by atoms with Crippen LogP contribution in [0.15, 0.2) is 72.1 Å². The smallest absolute Gasteiger partial charge is 0.232 e. The maximum atomic E-state index is 13.4. The Morgan fingerprint density at radius 3 is 2.67 bits per heavy atom. The van der Waals surface area contributed by atoms with Crippen molar-refractivity contribution < 1.29 is 9.18 Å². The lowest BCUT2D eigenvalue weighted by Crippen LogP contribution is -2.27. The monoisotopic (exact) mass is 376 g/mol. The molecule has 0 bridgehead atoms. The molecule has 0 unspecified atom stereocenters. The van der Waals surface area contributed by atoms with Crippen molar-refractivity contribution in [2.75, 3.05) is 11.9 Å². The Bertz CT molecular complexity index is 1120. The molecule has 27 heavy (non-hydrogen) atoms. The second-order valence-corrected chi connectivity index (χ2v) is 7.17. The van der Waals surface area contributed by atoms with E-state index in [1.165, 1.54) is 23.5 Å². The van der Waals surface area contributed by atoms with Gasteiger partial charge in [0.1, 0.15) is 10.8 Å². The Morgan fingerprint density at radius 1 is 1.04 bits per heavy atom. The van der Waals surface area contributed by atoms with Crippen molar-refractivity contribution in [3.8, 4) is 10.6 Å². The minimum Gasteiger partial charge on any atom is -0.315 e. The summed E-state index contributed by atoms with van der Waals surface area (Å²) in [6.07, 6.45) is 0.204. The zero-order valence-electron chi connectivity index (χ0n) is 14.7. The van der Waals surface area contributed by atoms with E-state index in [9.17, 15) is 9.18 Å². The van der Waals surface area contributed by atoms with Gasteiger partial charge in [-0.15, -0.1) is 11.3 Å². The van der Waals surface area contributed by atoms with Gasteiger partial charge in [-0.2, -0.15) is 0 Å². The number of carbonyl (C=O) groups is 1. The first kappa shape index (κ1) is 17.4. The van der Waals surface area contributed by atoms with Crippen LogP contribution in [0.2, 0.25) is 0 Å². The molecule has 0 N–H and O–H groups in total. The highest BCUT2D eigenvalue weighted by molar-refractivity contribution is 7.13. The molecule has 0 aliphatic rings. The first-order valence-corrected chi connectivity index (χ1v) is 9.44. The maximum absolute atomic E-state index is 13.4. The molecule has 1 aromatic heterocycles. The summed E-state index contributed by atoms with van der Waals surface area (Å²) in [5.74, 6) is -0.335. The van der Waals surface area contributed by atoms with Crippen molar-refractivity contribution in [3.63, 3.8) is 0 Å². The molecule has 0 saturated heterocycles. The van der Waals surface area contributed by atoms with Crippen LogP contribution in [0.4, 0.5) is 10.1 Å². The first-order chi connectivity index (χ1) is 13.1. The third-order valence-corrected chi connectivity index (χ3v) is 5.39. The largest absolute Gasteiger partial charge is 0.315 e. The van der Waals surface area contributed by atoms with Crippen molar-refractivity contribution in [2.24, 2.45) is 0 Å². The fourth-order valence-electron chi connectivity index (χ4n) is 2.95. The minimum absolute atomic E-state index is 0.0404. The second kappa shape index (κ2) is 7.29. The normalized spacial score (nSPS) is 10.9. The van der Waals surface area contributed by atoms with E-state index < -0.39 is 0 Å². The van der Waals surface area contributed by atoms with Crippen molar-refractivity contribution in [1.82, 2.24) is 4.98 Å². The molecular formula is C22H17FN2OS. The molecule has 3 nitrogen and oxygen atoms in total. The molecule has 4 aromatic rings. The van der Waals surface area contributed by atoms with Crippen molar-refractivity contribution in [1.29, 1.82) is 0 Å². The summed E-state index contributed by atoms with van der Waals surface area (Å²) in [4.78, 5) is 18.8. The molecule has 1 heterocycles. The molecule has 0 saturated carbocycles. The molecule has 0 aliphatic carbocycles. The van der Waals surface area contributed by atoms with Crippen LogP contribution in [0.3, 0.4) is 0 Å². The number of hydrogen-bond acceptors (Lipinski definition) is 3. The lowest BCUT2D eigenvalue weighted by Gasteiger charge is -2.17. The molecule has 0 radical (unpaired) electrons. The first-order valence-electron chi connectivity index (χ1n) is 8.56. The Balaban J connectivity index is 1.51. The van der Waals surface area contributed by atoms with E-state index in [0.29, 0.717) is 10.7 Å². The van der Waals surface area contributed by atoms with Gasteiger partial charge >= 0.3 is 0 Å². The van der Waals surface area contributed by atoms with Crippen LogP contribution in [0, 0.1) is 5.82 Å². The molecule has 134 valence electrons. The molecule has 1 amide bonds. The highest BCUT2D eigenvalue weighted by Crippen LogP contribution is 2.25. The predicted octanol–water partition coefficient (Wildman–Crippen LogP) is 5.31. The van der Waals surface area contributed by atoms with Gasteiger partial charge in [-0.3, -0.25) is 4.79 Å². The van der Waals surface area contributed by atoms with Gasteiger partial charge in [-0.25, -0.2) is 9.37 Å². The number of fused-ring (bicyclic) bond motifs is 1. The molecule has 4 rings (SSSR count). The predicted molar refractivity (Wildman–Crippen MR) is 109 cm³/mol. The van der Waals surface area contributed by atoms with E-state index in [1.807, 2.05) is 53.9 Å². The number of anilines is 1. The van der Waals surface area contributed by atoms with Crippen molar-refractivity contribution >= 4 is 33.7 Å². The number of hydrogen-bond donors (Lipinski definition) is 0. The summed E-state index contributed by atoms with van der Waals surface area (Å²) in [5, 5.41) is 4.80. The van der Waals surface area contributed by atoms with Crippen LogP contribution >= 0.6 is 11.3 Å². The number of aromatic nitrogens is 1. The minimum atomic E-state index is -0.295. The molecule has 0 spiro atoms. The summed E-state index contributed by atoms with van der Waals surface area (Å²) in [5.41, 5.74) is 2.26. The fraction of sp³-hybridized carbons (Fsp3) is 0.0909. The molecular weight excluding hydrogens is 359 g/mol. The summed E-state index contributed by atoms with van der Waals surface area (Å²) in [6, 6.07) is 20.3. The molecule has 0 atom stereocenters. The van der Waals surface area contributed by atoms with E-state index in [0.717, 1.165) is 22.0 Å². The summed E-state index contributed by atoms with van der Waals surface area (Å²) in [6.45, 7) is 0. The van der Waals surface area contributed by atoms with Crippen molar-refractivity contribution in [2.45, 2.75) is 6.42 Å². The van der Waals surface area contributed by atoms with Gasteiger partial charge in [-0.1, -0.05) is 42.5 Å². The number of rotatable bonds is 4. The van der Waals surface area contributed by atoms with Crippen LogP contribution in [-0.2, 0) is 11.2 Å². The van der Waals surface area contributed by atoms with Gasteiger partial charge in [0, 0.05) is 23.7 Å². The third kappa shape index (κ3) is 3.73. The summed E-state index contributed by atoms with van der Waals surface area (Å²) >= 11 is 1.41. The average Bonchev–Trinajstić information content (AvgIpc) is 3.15. The Kier molecular flexibility index (Phi) is 4.69. The van der Waals surface area contributed by atoms with E-state index in [2.05, 4.69) is 4.98 Å². The zero-order valence-corrected chi connectivity index (χ0v) is 15.5.